The van der Waals surface area contributed by atoms with Crippen molar-refractivity contribution in [1.82, 2.24) is 4.90 Å². The Balaban J connectivity index is 1.52. The Morgan fingerprint density at radius 2 is 1.67 bits per heavy atom. The summed E-state index contributed by atoms with van der Waals surface area (Å²) >= 11 is 0. The molecule has 0 bridgehead atoms. The van der Waals surface area contributed by atoms with Crippen LogP contribution >= 0.6 is 0 Å². The molecule has 0 saturated carbocycles. The summed E-state index contributed by atoms with van der Waals surface area (Å²) in [6.45, 7) is 2.07. The lowest BCUT2D eigenvalue weighted by Gasteiger charge is -2.43. The average molecular weight is 455 g/mol. The van der Waals surface area contributed by atoms with Crippen molar-refractivity contribution >= 4 is 6.09 Å². The van der Waals surface area contributed by atoms with E-state index in [0.29, 0.717) is 29.7 Å². The van der Waals surface area contributed by atoms with Crippen LogP contribution in [0.3, 0.4) is 0 Å². The van der Waals surface area contributed by atoms with Crippen LogP contribution in [0.4, 0.5) is 18.0 Å². The van der Waals surface area contributed by atoms with Crippen molar-refractivity contribution in [2.24, 2.45) is 0 Å². The average Bonchev–Trinajstić information content (AvgIpc) is 2.79. The van der Waals surface area contributed by atoms with Gasteiger partial charge in [-0.05, 0) is 47.9 Å². The molecular formula is C26H24F3NO3. The van der Waals surface area contributed by atoms with Crippen molar-refractivity contribution in [3.05, 3.63) is 95.3 Å². The molecule has 2 atom stereocenters. The summed E-state index contributed by atoms with van der Waals surface area (Å²) in [5.74, 6) is -1.67. The lowest BCUT2D eigenvalue weighted by Crippen LogP contribution is -2.49. The quantitative estimate of drug-likeness (QED) is 0.500. The third-order valence-corrected chi connectivity index (χ3v) is 6.26. The highest BCUT2D eigenvalue weighted by molar-refractivity contribution is 5.70. The second-order valence-electron chi connectivity index (χ2n) is 8.21. The molecule has 3 aromatic rings. The first-order valence-electron chi connectivity index (χ1n) is 10.7. The zero-order chi connectivity index (χ0) is 23.6. The Morgan fingerprint density at radius 3 is 2.27 bits per heavy atom. The Bertz CT molecular complexity index is 1130. The van der Waals surface area contributed by atoms with Crippen molar-refractivity contribution in [2.75, 3.05) is 13.2 Å². The van der Waals surface area contributed by atoms with Crippen LogP contribution in [0.25, 0.3) is 11.1 Å². The molecule has 1 aliphatic rings. The zero-order valence-corrected chi connectivity index (χ0v) is 18.1. The van der Waals surface area contributed by atoms with E-state index in [-0.39, 0.29) is 24.9 Å². The summed E-state index contributed by atoms with van der Waals surface area (Å²) in [6.07, 6.45) is 0.124. The zero-order valence-electron chi connectivity index (χ0n) is 18.1. The van der Waals surface area contributed by atoms with Gasteiger partial charge in [-0.25, -0.2) is 18.0 Å². The van der Waals surface area contributed by atoms with Gasteiger partial charge in [0, 0.05) is 37.6 Å². The second kappa shape index (κ2) is 9.27. The van der Waals surface area contributed by atoms with E-state index >= 15 is 0 Å². The number of rotatable bonds is 6. The molecule has 3 aromatic carbocycles. The monoisotopic (exact) mass is 455 g/mol. The first kappa shape index (κ1) is 22.9. The molecule has 4 rings (SSSR count). The summed E-state index contributed by atoms with van der Waals surface area (Å²) in [5.41, 5.74) is 1.35. The van der Waals surface area contributed by atoms with E-state index in [9.17, 15) is 23.1 Å². The number of carbonyl (C=O) groups is 1. The maximum atomic E-state index is 14.1. The fourth-order valence-corrected chi connectivity index (χ4v) is 4.32. The first-order valence-corrected chi connectivity index (χ1v) is 10.7. The van der Waals surface area contributed by atoms with Gasteiger partial charge >= 0.3 is 6.09 Å². The molecule has 0 spiro atoms. The highest BCUT2D eigenvalue weighted by Crippen LogP contribution is 2.39. The minimum atomic E-state index is -1.01. The summed E-state index contributed by atoms with van der Waals surface area (Å²) in [6, 6.07) is 15.9. The minimum Gasteiger partial charge on any atom is -0.438 e. The van der Waals surface area contributed by atoms with Gasteiger partial charge in [-0.2, -0.15) is 0 Å². The summed E-state index contributed by atoms with van der Waals surface area (Å²) in [7, 11) is 0. The van der Waals surface area contributed by atoms with Gasteiger partial charge in [-0.1, -0.05) is 36.4 Å². The van der Waals surface area contributed by atoms with Crippen LogP contribution < -0.4 is 0 Å². The van der Waals surface area contributed by atoms with E-state index in [1.165, 1.54) is 24.3 Å². The number of halogens is 3. The second-order valence-corrected chi connectivity index (χ2v) is 8.21. The van der Waals surface area contributed by atoms with Crippen LogP contribution in [0, 0.1) is 17.5 Å². The number of hydrogen-bond donors (Lipinski definition) is 1. The Hall–Kier alpha value is -3.32. The van der Waals surface area contributed by atoms with Crippen molar-refractivity contribution in [1.29, 1.82) is 0 Å². The third-order valence-electron chi connectivity index (χ3n) is 6.26. The molecule has 1 aliphatic heterocycles. The molecule has 7 heteroatoms. The lowest BCUT2D eigenvalue weighted by molar-refractivity contribution is -0.0718. The molecule has 1 amide bonds. The number of benzene rings is 3. The highest BCUT2D eigenvalue weighted by atomic mass is 19.1. The molecule has 1 N–H and O–H groups in total. The molecule has 0 radical (unpaired) electrons. The summed E-state index contributed by atoms with van der Waals surface area (Å²) < 4.78 is 46.5. The van der Waals surface area contributed by atoms with Crippen molar-refractivity contribution in [2.45, 2.75) is 31.4 Å². The maximum absolute atomic E-state index is 14.1. The van der Waals surface area contributed by atoms with Crippen LogP contribution in [0.15, 0.2) is 66.7 Å². The van der Waals surface area contributed by atoms with E-state index in [1.54, 1.807) is 41.3 Å². The predicted octanol–water partition coefficient (Wildman–Crippen LogP) is 5.95. The van der Waals surface area contributed by atoms with Gasteiger partial charge in [0.2, 0.25) is 0 Å². The standard InChI is InChI=1S/C26H24F3NO3/c1-17(18-2-4-19(5-3-18)23-11-10-22(28)16-24(23)29)30-14-12-26(13-15-31,33-25(30)32)20-6-8-21(27)9-7-20/h2-11,16-17,31H,12-15H2,1H3/t17-,26?/m1/s1. The van der Waals surface area contributed by atoms with E-state index in [1.807, 2.05) is 6.92 Å². The molecule has 1 fully saturated rings. The topological polar surface area (TPSA) is 49.8 Å². The molecule has 0 aliphatic carbocycles. The Kier molecular flexibility index (Phi) is 6.42. The first-order chi connectivity index (χ1) is 15.8. The molecule has 1 saturated heterocycles. The molecule has 0 aromatic heterocycles. The molecule has 172 valence electrons. The van der Waals surface area contributed by atoms with Crippen molar-refractivity contribution in [3.8, 4) is 11.1 Å². The molecule has 4 nitrogen and oxygen atoms in total. The van der Waals surface area contributed by atoms with Gasteiger partial charge in [0.25, 0.3) is 0 Å². The number of aliphatic hydroxyl groups excluding tert-OH is 1. The van der Waals surface area contributed by atoms with E-state index in [0.717, 1.165) is 11.6 Å². The number of nitrogens with zero attached hydrogens (tertiary/aromatic N) is 1. The van der Waals surface area contributed by atoms with Crippen molar-refractivity contribution in [3.63, 3.8) is 0 Å². The fraction of sp³-hybridized carbons (Fsp3) is 0.269. The summed E-state index contributed by atoms with van der Waals surface area (Å²) in [5, 5.41) is 9.57. The Morgan fingerprint density at radius 1 is 1.00 bits per heavy atom. The minimum absolute atomic E-state index is 0.179. The largest absolute Gasteiger partial charge is 0.438 e. The van der Waals surface area contributed by atoms with Gasteiger partial charge in [-0.3, -0.25) is 0 Å². The van der Waals surface area contributed by atoms with Gasteiger partial charge in [0.05, 0.1) is 6.04 Å². The van der Waals surface area contributed by atoms with Crippen LogP contribution in [0.5, 0.6) is 0 Å². The number of aliphatic hydroxyl groups is 1. The number of cyclic esters (lactones) is 1. The van der Waals surface area contributed by atoms with Crippen LogP contribution in [-0.4, -0.2) is 29.3 Å². The Labute approximate surface area is 190 Å². The van der Waals surface area contributed by atoms with Crippen LogP contribution in [-0.2, 0) is 10.3 Å². The SMILES string of the molecule is C[C@H](c1ccc(-c2ccc(F)cc2F)cc1)N1CCC(CCO)(c2ccc(F)cc2)OC1=O. The van der Waals surface area contributed by atoms with Crippen LogP contribution in [0.1, 0.15) is 36.9 Å². The molecule has 33 heavy (non-hydrogen) atoms. The van der Waals surface area contributed by atoms with E-state index in [2.05, 4.69) is 0 Å². The van der Waals surface area contributed by atoms with Crippen molar-refractivity contribution < 1.29 is 27.8 Å². The van der Waals surface area contributed by atoms with Gasteiger partial charge in [-0.15, -0.1) is 0 Å². The van der Waals surface area contributed by atoms with E-state index in [4.69, 9.17) is 4.74 Å². The lowest BCUT2D eigenvalue weighted by atomic mass is 9.85. The molecule has 1 unspecified atom stereocenters. The molecule has 1 heterocycles. The van der Waals surface area contributed by atoms with E-state index < -0.39 is 23.3 Å². The maximum Gasteiger partial charge on any atom is 0.411 e. The van der Waals surface area contributed by atoms with Gasteiger partial charge in [0.1, 0.15) is 23.1 Å². The number of amides is 1. The number of ether oxygens (including phenoxy) is 1. The highest BCUT2D eigenvalue weighted by Gasteiger charge is 2.43. The normalized spacial score (nSPS) is 19.3. The third kappa shape index (κ3) is 4.59. The summed E-state index contributed by atoms with van der Waals surface area (Å²) in [4.78, 5) is 14.6. The van der Waals surface area contributed by atoms with Crippen LogP contribution in [0.2, 0.25) is 0 Å². The predicted molar refractivity (Wildman–Crippen MR) is 118 cm³/mol. The smallest absolute Gasteiger partial charge is 0.411 e. The molecular weight excluding hydrogens is 431 g/mol. The van der Waals surface area contributed by atoms with Gasteiger partial charge < -0.3 is 14.7 Å². The number of carbonyl (C=O) groups excluding carboxylic acids is 1. The number of hydrogen-bond acceptors (Lipinski definition) is 3. The van der Waals surface area contributed by atoms with Gasteiger partial charge in [0.15, 0.2) is 0 Å². The fourth-order valence-electron chi connectivity index (χ4n) is 4.32.